The Morgan fingerprint density at radius 3 is 2.33 bits per heavy atom. The molecule has 3 rings (SSSR count). The summed E-state index contributed by atoms with van der Waals surface area (Å²) >= 11 is 5.57. The molecule has 6 heteroatoms. The van der Waals surface area contributed by atoms with Crippen molar-refractivity contribution in [3.8, 4) is 0 Å². The highest BCUT2D eigenvalue weighted by atomic mass is 35.5. The summed E-state index contributed by atoms with van der Waals surface area (Å²) in [5.41, 5.74) is 1.56. The lowest BCUT2D eigenvalue weighted by atomic mass is 10.0. The standard InChI is InChI=1S/C15H10ClF4N/c16-13(15(19,20)14(17)18)8-5-6-12-10(7-8)9-3-1-2-4-11(9)21-12/h1-7,13-14,21H. The van der Waals surface area contributed by atoms with Crippen LogP contribution in [0, 0.1) is 0 Å². The Morgan fingerprint density at radius 1 is 0.952 bits per heavy atom. The topological polar surface area (TPSA) is 15.8 Å². The number of aromatic nitrogens is 1. The van der Waals surface area contributed by atoms with Crippen LogP contribution in [-0.4, -0.2) is 17.3 Å². The molecule has 110 valence electrons. The molecule has 2 aromatic carbocycles. The minimum atomic E-state index is -4.28. The average molecular weight is 316 g/mol. The number of aromatic amines is 1. The van der Waals surface area contributed by atoms with E-state index in [4.69, 9.17) is 11.6 Å². The van der Waals surface area contributed by atoms with E-state index in [1.54, 1.807) is 6.07 Å². The summed E-state index contributed by atoms with van der Waals surface area (Å²) in [6.45, 7) is 0. The fraction of sp³-hybridized carbons (Fsp3) is 0.200. The highest BCUT2D eigenvalue weighted by molar-refractivity contribution is 6.22. The molecule has 0 saturated carbocycles. The summed E-state index contributed by atoms with van der Waals surface area (Å²) in [6, 6.07) is 11.7. The SMILES string of the molecule is FC(F)C(F)(F)C(Cl)c1ccc2[nH]c3ccccc3c2c1. The number of fused-ring (bicyclic) bond motifs is 3. The maximum absolute atomic E-state index is 13.4. The summed E-state index contributed by atoms with van der Waals surface area (Å²) in [7, 11) is 0. The fourth-order valence-corrected chi connectivity index (χ4v) is 2.59. The van der Waals surface area contributed by atoms with E-state index in [2.05, 4.69) is 4.98 Å². The van der Waals surface area contributed by atoms with Crippen LogP contribution in [-0.2, 0) is 0 Å². The molecule has 1 aromatic heterocycles. The van der Waals surface area contributed by atoms with Gasteiger partial charge in [-0.2, -0.15) is 8.78 Å². The Bertz CT molecular complexity index is 797. The number of nitrogens with one attached hydrogen (secondary N) is 1. The van der Waals surface area contributed by atoms with E-state index in [1.165, 1.54) is 12.1 Å². The lowest BCUT2D eigenvalue weighted by molar-refractivity contribution is -0.130. The first kappa shape index (κ1) is 14.2. The van der Waals surface area contributed by atoms with Crippen molar-refractivity contribution in [1.29, 1.82) is 0 Å². The minimum Gasteiger partial charge on any atom is -0.355 e. The molecule has 1 heterocycles. The number of rotatable bonds is 3. The van der Waals surface area contributed by atoms with Gasteiger partial charge in [-0.25, -0.2) is 8.78 Å². The van der Waals surface area contributed by atoms with Crippen molar-refractivity contribution < 1.29 is 17.6 Å². The molecule has 1 N–H and O–H groups in total. The van der Waals surface area contributed by atoms with Gasteiger partial charge in [-0.3, -0.25) is 0 Å². The van der Waals surface area contributed by atoms with Crippen molar-refractivity contribution in [3.05, 3.63) is 48.0 Å². The van der Waals surface area contributed by atoms with Crippen LogP contribution in [0.5, 0.6) is 0 Å². The van der Waals surface area contributed by atoms with Crippen LogP contribution in [0.4, 0.5) is 17.6 Å². The first-order valence-electron chi connectivity index (χ1n) is 6.21. The van der Waals surface area contributed by atoms with Gasteiger partial charge in [0.05, 0.1) is 0 Å². The average Bonchev–Trinajstić information content (AvgIpc) is 2.84. The maximum Gasteiger partial charge on any atom is 0.327 e. The van der Waals surface area contributed by atoms with Gasteiger partial charge >= 0.3 is 12.3 Å². The Morgan fingerprint density at radius 2 is 1.62 bits per heavy atom. The number of benzene rings is 2. The van der Waals surface area contributed by atoms with E-state index in [0.29, 0.717) is 5.39 Å². The molecule has 0 radical (unpaired) electrons. The van der Waals surface area contributed by atoms with Crippen molar-refractivity contribution in [2.75, 3.05) is 0 Å². The third-order valence-corrected chi connectivity index (χ3v) is 3.99. The zero-order valence-electron chi connectivity index (χ0n) is 10.6. The van der Waals surface area contributed by atoms with E-state index >= 15 is 0 Å². The van der Waals surface area contributed by atoms with E-state index in [9.17, 15) is 17.6 Å². The van der Waals surface area contributed by atoms with Crippen LogP contribution < -0.4 is 0 Å². The van der Waals surface area contributed by atoms with E-state index in [-0.39, 0.29) is 5.56 Å². The van der Waals surface area contributed by atoms with Crippen molar-refractivity contribution in [2.45, 2.75) is 17.7 Å². The predicted molar refractivity (Wildman–Crippen MR) is 75.3 cm³/mol. The van der Waals surface area contributed by atoms with Gasteiger partial charge < -0.3 is 4.98 Å². The normalized spacial score (nSPS) is 14.2. The zero-order chi connectivity index (χ0) is 15.2. The molecule has 1 nitrogen and oxygen atoms in total. The lowest BCUT2D eigenvalue weighted by Gasteiger charge is -2.21. The Balaban J connectivity index is 2.14. The lowest BCUT2D eigenvalue weighted by Crippen LogP contribution is -2.31. The predicted octanol–water partition coefficient (Wildman–Crippen LogP) is 5.50. The molecule has 1 atom stereocenters. The van der Waals surface area contributed by atoms with Crippen LogP contribution in [0.1, 0.15) is 10.9 Å². The summed E-state index contributed by atoms with van der Waals surface area (Å²) in [5.74, 6) is -4.28. The number of hydrogen-bond acceptors (Lipinski definition) is 0. The molecule has 0 amide bonds. The molecule has 1 unspecified atom stereocenters. The number of H-pyrrole nitrogens is 1. The molecule has 0 aliphatic carbocycles. The highest BCUT2D eigenvalue weighted by Gasteiger charge is 2.48. The third-order valence-electron chi connectivity index (χ3n) is 3.45. The van der Waals surface area contributed by atoms with E-state index in [1.807, 2.05) is 24.3 Å². The molecule has 21 heavy (non-hydrogen) atoms. The van der Waals surface area contributed by atoms with Crippen LogP contribution >= 0.6 is 11.6 Å². The van der Waals surface area contributed by atoms with E-state index in [0.717, 1.165) is 16.4 Å². The fourth-order valence-electron chi connectivity index (χ4n) is 2.36. The maximum atomic E-state index is 13.4. The van der Waals surface area contributed by atoms with Gasteiger partial charge in [-0.15, -0.1) is 11.6 Å². The summed E-state index contributed by atoms with van der Waals surface area (Å²) < 4.78 is 51.6. The molecule has 0 aliphatic heterocycles. The Labute approximate surface area is 122 Å². The number of para-hydroxylation sites is 1. The molecule has 0 fully saturated rings. The van der Waals surface area contributed by atoms with Gasteiger partial charge in [0.15, 0.2) is 0 Å². The first-order chi connectivity index (χ1) is 9.91. The quantitative estimate of drug-likeness (QED) is 0.485. The number of alkyl halides is 5. The summed E-state index contributed by atoms with van der Waals surface area (Å²) in [4.78, 5) is 3.13. The second-order valence-electron chi connectivity index (χ2n) is 4.81. The van der Waals surface area contributed by atoms with Gasteiger partial charge in [0.1, 0.15) is 5.38 Å². The van der Waals surface area contributed by atoms with Crippen molar-refractivity contribution in [1.82, 2.24) is 4.98 Å². The van der Waals surface area contributed by atoms with E-state index < -0.39 is 17.7 Å². The summed E-state index contributed by atoms with van der Waals surface area (Å²) in [5, 5.41) is -0.562. The molecular weight excluding hydrogens is 306 g/mol. The summed E-state index contributed by atoms with van der Waals surface area (Å²) in [6.07, 6.45) is -3.81. The van der Waals surface area contributed by atoms with Crippen LogP contribution in [0.3, 0.4) is 0 Å². The molecule has 0 bridgehead atoms. The number of hydrogen-bond donors (Lipinski definition) is 1. The van der Waals surface area contributed by atoms with Gasteiger partial charge in [0, 0.05) is 21.8 Å². The van der Waals surface area contributed by atoms with Crippen molar-refractivity contribution in [2.24, 2.45) is 0 Å². The second-order valence-corrected chi connectivity index (χ2v) is 5.25. The Hall–Kier alpha value is -1.75. The van der Waals surface area contributed by atoms with Gasteiger partial charge in [0.2, 0.25) is 0 Å². The highest BCUT2D eigenvalue weighted by Crippen LogP contribution is 2.42. The molecular formula is C15H10ClF4N. The smallest absolute Gasteiger partial charge is 0.327 e. The third kappa shape index (κ3) is 2.25. The van der Waals surface area contributed by atoms with Crippen LogP contribution in [0.25, 0.3) is 21.8 Å². The van der Waals surface area contributed by atoms with Crippen LogP contribution in [0.2, 0.25) is 0 Å². The van der Waals surface area contributed by atoms with Gasteiger partial charge in [-0.1, -0.05) is 24.3 Å². The minimum absolute atomic E-state index is 0.0285. The largest absolute Gasteiger partial charge is 0.355 e. The molecule has 0 saturated heterocycles. The Kier molecular flexibility index (Phi) is 3.32. The van der Waals surface area contributed by atoms with Crippen LogP contribution in [0.15, 0.2) is 42.5 Å². The van der Waals surface area contributed by atoms with Gasteiger partial charge in [-0.05, 0) is 23.8 Å². The monoisotopic (exact) mass is 315 g/mol. The van der Waals surface area contributed by atoms with Crippen molar-refractivity contribution >= 4 is 33.4 Å². The number of halogens is 5. The second kappa shape index (κ2) is 4.91. The molecule has 0 spiro atoms. The zero-order valence-corrected chi connectivity index (χ0v) is 11.3. The molecule has 0 aliphatic rings. The van der Waals surface area contributed by atoms with Gasteiger partial charge in [0.25, 0.3) is 0 Å². The first-order valence-corrected chi connectivity index (χ1v) is 6.65. The van der Waals surface area contributed by atoms with Crippen molar-refractivity contribution in [3.63, 3.8) is 0 Å². The molecule has 3 aromatic rings.